The number of hydrogen-bond donors (Lipinski definition) is 0. The fourth-order valence-corrected chi connectivity index (χ4v) is 1.28. The fourth-order valence-electron chi connectivity index (χ4n) is 1.28. The van der Waals surface area contributed by atoms with E-state index in [2.05, 4.69) is 29.9 Å². The quantitative estimate of drug-likeness (QED) is 0.313. The zero-order chi connectivity index (χ0) is 23.8. The number of methoxy groups -OCH3 is 2. The number of ether oxygens (including phenoxy) is 2. The maximum absolute atomic E-state index is 11.4. The molecular formula is C21H39AlO7. The van der Waals surface area contributed by atoms with Gasteiger partial charge in [-0.3, -0.25) is 19.2 Å². The van der Waals surface area contributed by atoms with Gasteiger partial charge >= 0.3 is 28.6 Å². The molecule has 0 aromatic carbocycles. The van der Waals surface area contributed by atoms with Gasteiger partial charge in [0.1, 0.15) is 24.4 Å². The Hall–Kier alpha value is -1.23. The minimum Gasteiger partial charge on any atom is -0.514 e. The molecule has 0 saturated carbocycles. The van der Waals surface area contributed by atoms with Gasteiger partial charge < -0.3 is 13.3 Å². The smallest absolute Gasteiger partial charge is 0.369 e. The predicted molar refractivity (Wildman–Crippen MR) is 113 cm³/mol. The van der Waals surface area contributed by atoms with Crippen molar-refractivity contribution in [3.63, 3.8) is 0 Å². The van der Waals surface area contributed by atoms with Gasteiger partial charge in [0, 0.05) is 16.9 Å². The van der Waals surface area contributed by atoms with E-state index in [-0.39, 0.29) is 24.4 Å². The molecule has 0 N–H and O–H groups in total. The molecule has 0 aliphatic carbocycles. The second-order valence-electron chi connectivity index (χ2n) is 8.01. The highest BCUT2D eigenvalue weighted by atomic mass is 27.1. The van der Waals surface area contributed by atoms with Gasteiger partial charge in [-0.25, -0.2) is 0 Å². The maximum Gasteiger partial charge on any atom is 0.369 e. The molecule has 0 saturated heterocycles. The zero-order valence-electron chi connectivity index (χ0n) is 19.8. The summed E-state index contributed by atoms with van der Waals surface area (Å²) in [5.74, 6) is -1.03. The van der Waals surface area contributed by atoms with Crippen molar-refractivity contribution in [2.75, 3.05) is 14.2 Å². The van der Waals surface area contributed by atoms with Crippen LogP contribution in [0.2, 0.25) is 0 Å². The summed E-state index contributed by atoms with van der Waals surface area (Å²) in [4.78, 5) is 44.2. The van der Waals surface area contributed by atoms with Crippen LogP contribution in [0.1, 0.15) is 81.1 Å². The molecule has 0 aliphatic rings. The fraction of sp³-hybridized carbons (Fsp3) is 0.810. The molecule has 0 aromatic rings. The van der Waals surface area contributed by atoms with E-state index in [0.717, 1.165) is 12.8 Å². The molecule has 0 amide bonds. The molecule has 0 spiro atoms. The number of carbonyl (C=O) groups is 4. The summed E-state index contributed by atoms with van der Waals surface area (Å²) in [6, 6.07) is 0. The van der Waals surface area contributed by atoms with Crippen molar-refractivity contribution in [3.05, 3.63) is 0 Å². The summed E-state index contributed by atoms with van der Waals surface area (Å²) >= 11 is 2.19. The molecule has 7 nitrogen and oxygen atoms in total. The van der Waals surface area contributed by atoms with Crippen molar-refractivity contribution in [1.82, 2.24) is 0 Å². The highest BCUT2D eigenvalue weighted by molar-refractivity contribution is 5.99. The number of carbonyl (C=O) groups excluding carboxylic acids is 4. The van der Waals surface area contributed by atoms with Gasteiger partial charge in [-0.15, -0.1) is 0 Å². The van der Waals surface area contributed by atoms with Gasteiger partial charge in [-0.1, -0.05) is 41.5 Å². The van der Waals surface area contributed by atoms with Crippen molar-refractivity contribution in [1.29, 1.82) is 0 Å². The lowest BCUT2D eigenvalue weighted by atomic mass is 9.84. The van der Waals surface area contributed by atoms with Crippen LogP contribution < -0.4 is 0 Å². The minimum absolute atomic E-state index is 0.0585. The molecule has 0 rings (SSSR count). The molecule has 0 fully saturated rings. The van der Waals surface area contributed by atoms with Gasteiger partial charge in [0.05, 0.1) is 14.2 Å². The second kappa shape index (κ2) is 16.6. The minimum atomic E-state index is -0.457. The van der Waals surface area contributed by atoms with Crippen LogP contribution in [-0.4, -0.2) is 60.5 Å². The van der Waals surface area contributed by atoms with Crippen LogP contribution in [0.4, 0.5) is 0 Å². The first-order valence-electron chi connectivity index (χ1n) is 9.70. The first-order valence-corrected chi connectivity index (χ1v) is 10.2. The van der Waals surface area contributed by atoms with E-state index in [0.29, 0.717) is 6.10 Å². The van der Waals surface area contributed by atoms with Crippen molar-refractivity contribution in [2.24, 2.45) is 10.8 Å². The lowest BCUT2D eigenvalue weighted by Gasteiger charge is -2.19. The SMILES string of the molecule is CC(C)[O][Al].CCC(C)(C)C(=O)CC(=O)OC.CCC(C)(C)C(=O)CC(=O)OC. The van der Waals surface area contributed by atoms with Crippen molar-refractivity contribution in [3.8, 4) is 0 Å². The summed E-state index contributed by atoms with van der Waals surface area (Å²) in [5.41, 5.74) is -0.817. The molecule has 0 heterocycles. The van der Waals surface area contributed by atoms with Crippen LogP contribution in [0.5, 0.6) is 0 Å². The Bertz CT molecular complexity index is 469. The third-order valence-electron chi connectivity index (χ3n) is 4.61. The summed E-state index contributed by atoms with van der Waals surface area (Å²) < 4.78 is 13.5. The number of hydrogen-bond acceptors (Lipinski definition) is 7. The first-order chi connectivity index (χ1) is 13.1. The second-order valence-corrected chi connectivity index (χ2v) is 8.28. The molecule has 168 valence electrons. The number of esters is 2. The summed E-state index contributed by atoms with van der Waals surface area (Å²) in [6.07, 6.45) is 1.60. The predicted octanol–water partition coefficient (Wildman–Crippen LogP) is 3.60. The third kappa shape index (κ3) is 17.4. The van der Waals surface area contributed by atoms with Crippen LogP contribution in [0.3, 0.4) is 0 Å². The van der Waals surface area contributed by atoms with E-state index >= 15 is 0 Å². The van der Waals surface area contributed by atoms with Crippen LogP contribution in [-0.2, 0) is 32.4 Å². The average Bonchev–Trinajstić information content (AvgIpc) is 2.68. The lowest BCUT2D eigenvalue weighted by Crippen LogP contribution is -2.26. The molecule has 0 aliphatic heterocycles. The Labute approximate surface area is 185 Å². The maximum atomic E-state index is 11.4. The summed E-state index contributed by atoms with van der Waals surface area (Å²) in [5, 5.41) is 0. The van der Waals surface area contributed by atoms with Crippen molar-refractivity contribution < 1.29 is 32.4 Å². The Balaban J connectivity index is -0.000000380. The topological polar surface area (TPSA) is 96.0 Å². The van der Waals surface area contributed by atoms with Crippen LogP contribution in [0.25, 0.3) is 0 Å². The van der Waals surface area contributed by atoms with Gasteiger partial charge in [-0.05, 0) is 26.7 Å². The van der Waals surface area contributed by atoms with Gasteiger partial charge in [0.2, 0.25) is 0 Å². The first kappa shape index (κ1) is 32.4. The Morgan fingerprint density at radius 1 is 0.759 bits per heavy atom. The monoisotopic (exact) mass is 430 g/mol. The lowest BCUT2D eigenvalue weighted by molar-refractivity contribution is -0.147. The average molecular weight is 431 g/mol. The summed E-state index contributed by atoms with van der Waals surface area (Å²) in [7, 11) is 2.57. The molecule has 2 radical (unpaired) electrons. The number of Topliss-reactive ketones (excluding diaryl/α,β-unsaturated/α-hetero) is 2. The molecule has 29 heavy (non-hydrogen) atoms. The standard InChI is InChI=1S/2C9H16O3.C3H7O.Al/c2*1-5-9(2,3)7(10)6-8(11)12-4;1-3(2)4;/h2*5-6H2,1-4H3;3H,1-2H3;/q;;-1;+1. The van der Waals surface area contributed by atoms with Gasteiger partial charge in [-0.2, -0.15) is 0 Å². The Morgan fingerprint density at radius 3 is 1.14 bits per heavy atom. The normalized spacial score (nSPS) is 10.7. The van der Waals surface area contributed by atoms with E-state index < -0.39 is 22.8 Å². The van der Waals surface area contributed by atoms with E-state index in [9.17, 15) is 19.2 Å². The van der Waals surface area contributed by atoms with Crippen LogP contribution in [0.15, 0.2) is 0 Å². The Morgan fingerprint density at radius 2 is 1.00 bits per heavy atom. The molecule has 0 unspecified atom stereocenters. The summed E-state index contributed by atoms with van der Waals surface area (Å²) in [6.45, 7) is 15.1. The molecule has 8 heteroatoms. The van der Waals surface area contributed by atoms with E-state index in [1.54, 1.807) is 0 Å². The Kier molecular flexibility index (Phi) is 18.5. The van der Waals surface area contributed by atoms with E-state index in [1.165, 1.54) is 14.2 Å². The highest BCUT2D eigenvalue weighted by Crippen LogP contribution is 2.23. The third-order valence-corrected chi connectivity index (χ3v) is 5.16. The van der Waals surface area contributed by atoms with Gasteiger partial charge in [0.15, 0.2) is 0 Å². The molecule has 0 bridgehead atoms. The molecular weight excluding hydrogens is 391 g/mol. The van der Waals surface area contributed by atoms with Crippen molar-refractivity contribution >= 4 is 40.1 Å². The molecule has 0 atom stereocenters. The van der Waals surface area contributed by atoms with Crippen LogP contribution in [0, 0.1) is 10.8 Å². The van der Waals surface area contributed by atoms with E-state index in [4.69, 9.17) is 0 Å². The zero-order valence-corrected chi connectivity index (χ0v) is 21.0. The number of rotatable bonds is 9. The van der Waals surface area contributed by atoms with Crippen LogP contribution >= 0.6 is 0 Å². The highest BCUT2D eigenvalue weighted by Gasteiger charge is 2.27. The number of ketones is 2. The van der Waals surface area contributed by atoms with Crippen molar-refractivity contribution in [2.45, 2.75) is 87.2 Å². The largest absolute Gasteiger partial charge is 0.514 e. The van der Waals surface area contributed by atoms with E-state index in [1.807, 2.05) is 55.4 Å². The van der Waals surface area contributed by atoms with Gasteiger partial charge in [0.25, 0.3) is 0 Å². The molecule has 0 aromatic heterocycles.